The molecule has 0 aliphatic carbocycles. The molecule has 0 spiro atoms. The summed E-state index contributed by atoms with van der Waals surface area (Å²) in [4.78, 5) is 0. The second kappa shape index (κ2) is 6.08. The van der Waals surface area contributed by atoms with Gasteiger partial charge in [-0.1, -0.05) is 20.8 Å². The first-order valence-corrected chi connectivity index (χ1v) is 4.67. The molecule has 0 saturated carbocycles. The van der Waals surface area contributed by atoms with Crippen molar-refractivity contribution in [1.82, 2.24) is 0 Å². The number of rotatable bonds is 4. The lowest BCUT2D eigenvalue weighted by molar-refractivity contribution is 0.0853. The Hall–Kier alpha value is -0.480. The Morgan fingerprint density at radius 3 is 2.25 bits per heavy atom. The van der Waals surface area contributed by atoms with Gasteiger partial charge < -0.3 is 5.11 Å². The largest absolute Gasteiger partial charge is 0.393 e. The maximum Gasteiger partial charge on any atom is 0.0577 e. The van der Waals surface area contributed by atoms with Crippen LogP contribution in [-0.2, 0) is 0 Å². The molecule has 1 nitrogen and oxygen atoms in total. The van der Waals surface area contributed by atoms with Gasteiger partial charge in [0.15, 0.2) is 0 Å². The molecule has 70 valence electrons. The zero-order chi connectivity index (χ0) is 9.56. The zero-order valence-corrected chi connectivity index (χ0v) is 8.59. The van der Waals surface area contributed by atoms with Crippen molar-refractivity contribution in [1.29, 1.82) is 0 Å². The van der Waals surface area contributed by atoms with Crippen molar-refractivity contribution < 1.29 is 5.11 Å². The van der Waals surface area contributed by atoms with Gasteiger partial charge in [0.25, 0.3) is 0 Å². The Morgan fingerprint density at radius 1 is 1.25 bits per heavy atom. The maximum absolute atomic E-state index is 9.65. The van der Waals surface area contributed by atoms with E-state index in [0.29, 0.717) is 11.8 Å². The highest BCUT2D eigenvalue weighted by molar-refractivity contribution is 4.95. The average Bonchev–Trinajstić information content (AvgIpc) is 2.03. The minimum absolute atomic E-state index is 0.189. The summed E-state index contributed by atoms with van der Waals surface area (Å²) in [5.74, 6) is 6.72. The van der Waals surface area contributed by atoms with Crippen LogP contribution in [-0.4, -0.2) is 11.2 Å². The molecule has 0 aliphatic heterocycles. The third-order valence-corrected chi connectivity index (χ3v) is 2.40. The second-order valence-electron chi connectivity index (χ2n) is 3.64. The molecule has 0 amide bonds. The zero-order valence-electron chi connectivity index (χ0n) is 8.59. The molecule has 0 aromatic carbocycles. The monoisotopic (exact) mass is 168 g/mol. The van der Waals surface area contributed by atoms with Crippen LogP contribution >= 0.6 is 0 Å². The number of aliphatic hydroxyl groups is 1. The molecule has 2 unspecified atom stereocenters. The Morgan fingerprint density at radius 2 is 1.83 bits per heavy atom. The molecule has 0 saturated heterocycles. The van der Waals surface area contributed by atoms with Crippen LogP contribution in [0.1, 0.15) is 40.5 Å². The highest BCUT2D eigenvalue weighted by Gasteiger charge is 2.16. The lowest BCUT2D eigenvalue weighted by atomic mass is 9.90. The Kier molecular flexibility index (Phi) is 5.84. The van der Waals surface area contributed by atoms with Gasteiger partial charge in [0.05, 0.1) is 6.10 Å². The van der Waals surface area contributed by atoms with Crippen molar-refractivity contribution in [2.75, 3.05) is 0 Å². The summed E-state index contributed by atoms with van der Waals surface area (Å²) in [7, 11) is 0. The van der Waals surface area contributed by atoms with Gasteiger partial charge in [-0.3, -0.25) is 0 Å². The van der Waals surface area contributed by atoms with E-state index in [1.54, 1.807) is 0 Å². The van der Waals surface area contributed by atoms with Crippen LogP contribution in [0.4, 0.5) is 0 Å². The van der Waals surface area contributed by atoms with Crippen LogP contribution < -0.4 is 0 Å². The summed E-state index contributed by atoms with van der Waals surface area (Å²) >= 11 is 0. The molecular formula is C11H20O. The molecule has 0 heterocycles. The Labute approximate surface area is 76.2 Å². The van der Waals surface area contributed by atoms with E-state index in [1.165, 1.54) is 0 Å². The van der Waals surface area contributed by atoms with E-state index in [2.05, 4.69) is 32.6 Å². The van der Waals surface area contributed by atoms with Crippen LogP contribution in [0, 0.1) is 23.7 Å². The molecule has 0 aromatic heterocycles. The second-order valence-corrected chi connectivity index (χ2v) is 3.64. The van der Waals surface area contributed by atoms with Gasteiger partial charge >= 0.3 is 0 Å². The van der Waals surface area contributed by atoms with E-state index in [1.807, 2.05) is 6.92 Å². The maximum atomic E-state index is 9.65. The lowest BCUT2D eigenvalue weighted by Gasteiger charge is -2.21. The van der Waals surface area contributed by atoms with E-state index in [9.17, 15) is 5.11 Å². The van der Waals surface area contributed by atoms with Crippen LogP contribution in [0.25, 0.3) is 0 Å². The van der Waals surface area contributed by atoms with Crippen LogP contribution in [0.2, 0.25) is 0 Å². The van der Waals surface area contributed by atoms with Gasteiger partial charge in [-0.05, 0) is 25.2 Å². The van der Waals surface area contributed by atoms with E-state index in [0.717, 1.165) is 12.8 Å². The van der Waals surface area contributed by atoms with Gasteiger partial charge in [-0.2, -0.15) is 0 Å². The summed E-state index contributed by atoms with van der Waals surface area (Å²) in [6.45, 7) is 8.20. The topological polar surface area (TPSA) is 20.2 Å². The van der Waals surface area contributed by atoms with E-state index < -0.39 is 0 Å². The third kappa shape index (κ3) is 4.41. The average molecular weight is 168 g/mol. The predicted molar refractivity (Wildman–Crippen MR) is 52.7 cm³/mol. The number of aliphatic hydroxyl groups excluding tert-OH is 1. The lowest BCUT2D eigenvalue weighted by Crippen LogP contribution is -2.21. The molecule has 0 rings (SSSR count). The standard InChI is InChI=1S/C11H20O/c1-5-6-7-8-11(12)10(4)9(2)3/h9-12H,7-8H2,1-4H3. The molecule has 1 heteroatoms. The molecular weight excluding hydrogens is 148 g/mol. The van der Waals surface area contributed by atoms with Crippen molar-refractivity contribution in [3.8, 4) is 11.8 Å². The molecule has 0 aromatic rings. The predicted octanol–water partition coefficient (Wildman–Crippen LogP) is 2.44. The van der Waals surface area contributed by atoms with Crippen molar-refractivity contribution in [2.45, 2.75) is 46.6 Å². The Bertz CT molecular complexity index is 162. The fourth-order valence-electron chi connectivity index (χ4n) is 1.05. The first-order valence-electron chi connectivity index (χ1n) is 4.67. The van der Waals surface area contributed by atoms with Gasteiger partial charge in [0, 0.05) is 6.42 Å². The minimum atomic E-state index is -0.189. The van der Waals surface area contributed by atoms with Crippen LogP contribution in [0.15, 0.2) is 0 Å². The first kappa shape index (κ1) is 11.5. The summed E-state index contributed by atoms with van der Waals surface area (Å²) in [6.07, 6.45) is 1.43. The molecule has 12 heavy (non-hydrogen) atoms. The normalized spacial score (nSPS) is 15.2. The van der Waals surface area contributed by atoms with Gasteiger partial charge in [-0.15, -0.1) is 11.8 Å². The van der Waals surface area contributed by atoms with Crippen molar-refractivity contribution >= 4 is 0 Å². The first-order chi connectivity index (χ1) is 5.59. The molecule has 0 bridgehead atoms. The van der Waals surface area contributed by atoms with E-state index >= 15 is 0 Å². The van der Waals surface area contributed by atoms with Crippen molar-refractivity contribution in [2.24, 2.45) is 11.8 Å². The minimum Gasteiger partial charge on any atom is -0.393 e. The van der Waals surface area contributed by atoms with Crippen molar-refractivity contribution in [3.63, 3.8) is 0 Å². The molecule has 1 N–H and O–H groups in total. The fraction of sp³-hybridized carbons (Fsp3) is 0.818. The fourth-order valence-corrected chi connectivity index (χ4v) is 1.05. The SMILES string of the molecule is CC#CCCC(O)C(C)C(C)C. The van der Waals surface area contributed by atoms with E-state index in [4.69, 9.17) is 0 Å². The van der Waals surface area contributed by atoms with Gasteiger partial charge in [0.2, 0.25) is 0 Å². The number of hydrogen-bond acceptors (Lipinski definition) is 1. The summed E-state index contributed by atoms with van der Waals surface area (Å²) in [5, 5.41) is 9.65. The highest BCUT2D eigenvalue weighted by atomic mass is 16.3. The van der Waals surface area contributed by atoms with Crippen LogP contribution in [0.3, 0.4) is 0 Å². The van der Waals surface area contributed by atoms with Gasteiger partial charge in [0.1, 0.15) is 0 Å². The van der Waals surface area contributed by atoms with E-state index in [-0.39, 0.29) is 6.10 Å². The molecule has 2 atom stereocenters. The molecule has 0 radical (unpaired) electrons. The summed E-state index contributed by atoms with van der Waals surface area (Å²) in [6, 6.07) is 0. The quantitative estimate of drug-likeness (QED) is 0.639. The number of hydrogen-bond donors (Lipinski definition) is 1. The van der Waals surface area contributed by atoms with Crippen LogP contribution in [0.5, 0.6) is 0 Å². The highest BCUT2D eigenvalue weighted by Crippen LogP contribution is 2.17. The summed E-state index contributed by atoms with van der Waals surface area (Å²) < 4.78 is 0. The van der Waals surface area contributed by atoms with Gasteiger partial charge in [-0.25, -0.2) is 0 Å². The smallest absolute Gasteiger partial charge is 0.0577 e. The third-order valence-electron chi connectivity index (χ3n) is 2.40. The summed E-state index contributed by atoms with van der Waals surface area (Å²) in [5.41, 5.74) is 0. The Balaban J connectivity index is 3.68. The molecule has 0 aliphatic rings. The molecule has 0 fully saturated rings. The van der Waals surface area contributed by atoms with Crippen molar-refractivity contribution in [3.05, 3.63) is 0 Å².